The highest BCUT2D eigenvalue weighted by Gasteiger charge is 2.57. The van der Waals surface area contributed by atoms with E-state index >= 15 is 0 Å². The largest absolute Gasteiger partial charge is 0.596 e. The molecule has 1 saturated carbocycles. The lowest BCUT2D eigenvalue weighted by atomic mass is 9.53. The second-order valence-electron chi connectivity index (χ2n) is 9.29. The predicted molar refractivity (Wildman–Crippen MR) is 124 cm³/mol. The van der Waals surface area contributed by atoms with Crippen LogP contribution in [0.25, 0.3) is 0 Å². The Bertz CT molecular complexity index is 1100. The van der Waals surface area contributed by atoms with E-state index in [0.29, 0.717) is 11.7 Å². The highest BCUT2D eigenvalue weighted by molar-refractivity contribution is 5.69. The lowest BCUT2D eigenvalue weighted by Crippen LogP contribution is -2.58. The molecule has 0 saturated heterocycles. The van der Waals surface area contributed by atoms with E-state index < -0.39 is 6.16 Å². The van der Waals surface area contributed by atoms with Gasteiger partial charge in [-0.15, -0.1) is 4.58 Å². The standard InChI is InChI=1S/C27H30NO6/c1-31-26(30)34-18-33-21-11-10-20-15-24-22-9-5-6-12-27(22,23(20)16-21)13-14-28(24)25(29)32-17-19-7-3-2-4-8-19/h2-4,7-8,10-11,14,16,22,24H,5-6,9,12-13,15,17-18H2,1H3/q+1/t22-,24+,27+/m1/s1. The van der Waals surface area contributed by atoms with Gasteiger partial charge in [0.2, 0.25) is 6.79 Å². The zero-order valence-electron chi connectivity index (χ0n) is 19.4. The first kappa shape index (κ1) is 22.4. The monoisotopic (exact) mass is 464 g/mol. The van der Waals surface area contributed by atoms with E-state index in [1.165, 1.54) is 31.1 Å². The van der Waals surface area contributed by atoms with Gasteiger partial charge in [0.05, 0.1) is 7.11 Å². The van der Waals surface area contributed by atoms with Crippen LogP contribution < -0.4 is 4.74 Å². The number of nitrogens with zero attached hydrogens (tertiary/aromatic N) is 1. The SMILES string of the molecule is COC(=O)OCOc1ccc2c(c1)[C@@]13CC=[N+](C(=O)OCc4ccccc4)[C@@H](C2)[C@H]1CCCC3. The lowest BCUT2D eigenvalue weighted by molar-refractivity contribution is -0.508. The van der Waals surface area contributed by atoms with Gasteiger partial charge in [-0.2, -0.15) is 4.79 Å². The van der Waals surface area contributed by atoms with Gasteiger partial charge < -0.3 is 18.9 Å². The number of hydrogen-bond donors (Lipinski definition) is 0. The predicted octanol–water partition coefficient (Wildman–Crippen LogP) is 4.98. The van der Waals surface area contributed by atoms with Crippen molar-refractivity contribution in [2.24, 2.45) is 5.92 Å². The Labute approximate surface area is 199 Å². The summed E-state index contributed by atoms with van der Waals surface area (Å²) >= 11 is 0. The second-order valence-corrected chi connectivity index (χ2v) is 9.29. The molecular formula is C27H30NO6+. The van der Waals surface area contributed by atoms with Gasteiger partial charge in [0.25, 0.3) is 0 Å². The Kier molecular flexibility index (Phi) is 6.26. The van der Waals surface area contributed by atoms with Gasteiger partial charge >= 0.3 is 12.2 Å². The Morgan fingerprint density at radius 1 is 1.09 bits per heavy atom. The molecule has 0 radical (unpaired) electrons. The minimum atomic E-state index is -0.770. The van der Waals surface area contributed by atoms with E-state index in [1.807, 2.05) is 41.0 Å². The number of amides is 1. The summed E-state index contributed by atoms with van der Waals surface area (Å²) in [5.74, 6) is 1.05. The minimum absolute atomic E-state index is 0.00468. The van der Waals surface area contributed by atoms with Gasteiger partial charge in [-0.1, -0.05) is 49.2 Å². The topological polar surface area (TPSA) is 74.1 Å². The third-order valence-corrected chi connectivity index (χ3v) is 7.60. The van der Waals surface area contributed by atoms with Crippen LogP contribution in [0.5, 0.6) is 5.75 Å². The first-order valence-electron chi connectivity index (χ1n) is 11.9. The lowest BCUT2D eigenvalue weighted by Gasteiger charge is -2.51. The smallest absolute Gasteiger partial charge is 0.457 e. The van der Waals surface area contributed by atoms with Crippen molar-refractivity contribution in [3.05, 3.63) is 65.2 Å². The molecule has 2 aromatic carbocycles. The maximum absolute atomic E-state index is 13.1. The molecule has 0 N–H and O–H groups in total. The molecule has 0 spiro atoms. The zero-order valence-corrected chi connectivity index (χ0v) is 19.4. The summed E-state index contributed by atoms with van der Waals surface area (Å²) < 4.78 is 22.6. The Morgan fingerprint density at radius 2 is 1.94 bits per heavy atom. The fraction of sp³-hybridized carbons (Fsp3) is 0.444. The van der Waals surface area contributed by atoms with Gasteiger partial charge in [-0.3, -0.25) is 0 Å². The van der Waals surface area contributed by atoms with Crippen molar-refractivity contribution in [1.29, 1.82) is 0 Å². The number of fused-ring (bicyclic) bond motifs is 1. The van der Waals surface area contributed by atoms with Crippen LogP contribution in [0.2, 0.25) is 0 Å². The van der Waals surface area contributed by atoms with Crippen LogP contribution in [0.4, 0.5) is 9.59 Å². The van der Waals surface area contributed by atoms with Crippen molar-refractivity contribution < 1.29 is 33.1 Å². The minimum Gasteiger partial charge on any atom is -0.457 e. The van der Waals surface area contributed by atoms with Crippen LogP contribution in [0, 0.1) is 5.92 Å². The molecule has 3 atom stereocenters. The summed E-state index contributed by atoms with van der Waals surface area (Å²) in [4.78, 5) is 24.3. The van der Waals surface area contributed by atoms with Gasteiger partial charge in [0, 0.05) is 24.2 Å². The highest BCUT2D eigenvalue weighted by Crippen LogP contribution is 2.54. The molecule has 2 aromatic rings. The number of carbonyl (C=O) groups is 2. The average Bonchev–Trinajstić information content (AvgIpc) is 2.88. The molecule has 1 amide bonds. The maximum Gasteiger partial charge on any atom is 0.596 e. The van der Waals surface area contributed by atoms with E-state index in [0.717, 1.165) is 31.2 Å². The van der Waals surface area contributed by atoms with Crippen LogP contribution in [0.3, 0.4) is 0 Å². The molecule has 34 heavy (non-hydrogen) atoms. The third-order valence-electron chi connectivity index (χ3n) is 7.60. The summed E-state index contributed by atoms with van der Waals surface area (Å²) in [5.41, 5.74) is 3.53. The Hall–Kier alpha value is -3.35. The summed E-state index contributed by atoms with van der Waals surface area (Å²) in [5, 5.41) is 0. The molecule has 7 nitrogen and oxygen atoms in total. The van der Waals surface area contributed by atoms with Crippen molar-refractivity contribution >= 4 is 18.5 Å². The van der Waals surface area contributed by atoms with E-state index in [2.05, 4.69) is 23.1 Å². The normalized spacial score (nSPS) is 24.7. The molecule has 178 valence electrons. The molecule has 1 fully saturated rings. The van der Waals surface area contributed by atoms with Crippen molar-refractivity contribution in [3.63, 3.8) is 0 Å². The maximum atomic E-state index is 13.1. The zero-order chi connectivity index (χ0) is 23.5. The fourth-order valence-electron chi connectivity index (χ4n) is 6.08. The highest BCUT2D eigenvalue weighted by atomic mass is 16.8. The number of carbonyl (C=O) groups excluding carboxylic acids is 2. The van der Waals surface area contributed by atoms with E-state index in [-0.39, 0.29) is 30.9 Å². The quantitative estimate of drug-likeness (QED) is 0.353. The number of ether oxygens (including phenoxy) is 4. The van der Waals surface area contributed by atoms with Crippen molar-refractivity contribution in [2.75, 3.05) is 13.9 Å². The molecule has 1 heterocycles. The summed E-state index contributed by atoms with van der Waals surface area (Å²) in [6, 6.07) is 16.0. The summed E-state index contributed by atoms with van der Waals surface area (Å²) in [6.45, 7) is 0.0785. The molecule has 2 aliphatic carbocycles. The van der Waals surface area contributed by atoms with Crippen molar-refractivity contribution in [1.82, 2.24) is 0 Å². The second kappa shape index (κ2) is 9.49. The number of methoxy groups -OCH3 is 1. The molecular weight excluding hydrogens is 434 g/mol. The van der Waals surface area contributed by atoms with Gasteiger partial charge in [0.15, 0.2) is 12.3 Å². The summed E-state index contributed by atoms with van der Waals surface area (Å²) in [6.07, 6.45) is 7.13. The summed E-state index contributed by atoms with van der Waals surface area (Å²) in [7, 11) is 1.26. The molecule has 3 aliphatic rings. The molecule has 7 heteroatoms. The van der Waals surface area contributed by atoms with Gasteiger partial charge in [0.1, 0.15) is 12.4 Å². The number of rotatable bonds is 5. The first-order valence-corrected chi connectivity index (χ1v) is 11.9. The van der Waals surface area contributed by atoms with Crippen LogP contribution in [0.1, 0.15) is 48.8 Å². The number of benzene rings is 2. The Balaban J connectivity index is 1.37. The van der Waals surface area contributed by atoms with Crippen LogP contribution in [-0.4, -0.2) is 43.0 Å². The van der Waals surface area contributed by atoms with E-state index in [1.54, 1.807) is 0 Å². The first-order chi connectivity index (χ1) is 16.6. The number of hydrogen-bond acceptors (Lipinski definition) is 6. The van der Waals surface area contributed by atoms with Crippen LogP contribution in [-0.2, 0) is 32.7 Å². The van der Waals surface area contributed by atoms with Crippen molar-refractivity contribution in [3.8, 4) is 5.75 Å². The molecule has 5 rings (SSSR count). The molecule has 2 bridgehead atoms. The van der Waals surface area contributed by atoms with Crippen LogP contribution >= 0.6 is 0 Å². The molecule has 0 unspecified atom stereocenters. The van der Waals surface area contributed by atoms with Gasteiger partial charge in [-0.25, -0.2) is 4.79 Å². The Morgan fingerprint density at radius 3 is 2.76 bits per heavy atom. The fourth-order valence-corrected chi connectivity index (χ4v) is 6.08. The molecule has 1 aliphatic heterocycles. The van der Waals surface area contributed by atoms with Crippen LogP contribution in [0.15, 0.2) is 48.5 Å². The third kappa shape index (κ3) is 4.15. The van der Waals surface area contributed by atoms with E-state index in [4.69, 9.17) is 14.2 Å². The van der Waals surface area contributed by atoms with Gasteiger partial charge in [-0.05, 0) is 41.7 Å². The van der Waals surface area contributed by atoms with E-state index in [9.17, 15) is 9.59 Å². The average molecular weight is 465 g/mol. The van der Waals surface area contributed by atoms with Crippen molar-refractivity contribution in [2.45, 2.75) is 56.6 Å². The molecule has 0 aromatic heterocycles.